The number of carbonyl (C=O) groups excluding carboxylic acids is 3. The van der Waals surface area contributed by atoms with Gasteiger partial charge in [0.25, 0.3) is 0 Å². The van der Waals surface area contributed by atoms with E-state index >= 15 is 0 Å². The Morgan fingerprint density at radius 2 is 0.789 bits per heavy atom. The number of hydrogen-bond acceptors (Lipinski definition) is 6. The van der Waals surface area contributed by atoms with Crippen molar-refractivity contribution in [3.63, 3.8) is 0 Å². The molecule has 6 heteroatoms. The van der Waals surface area contributed by atoms with E-state index in [9.17, 15) is 14.4 Å². The van der Waals surface area contributed by atoms with E-state index in [1.807, 2.05) is 48.6 Å². The van der Waals surface area contributed by atoms with Crippen LogP contribution in [0.5, 0.6) is 0 Å². The zero-order valence-electron chi connectivity index (χ0n) is 36.6. The molecule has 57 heavy (non-hydrogen) atoms. The fourth-order valence-corrected chi connectivity index (χ4v) is 5.84. The third kappa shape index (κ3) is 43.3. The lowest BCUT2D eigenvalue weighted by molar-refractivity contribution is -0.167. The topological polar surface area (TPSA) is 78.9 Å². The van der Waals surface area contributed by atoms with E-state index in [0.29, 0.717) is 19.3 Å². The summed E-state index contributed by atoms with van der Waals surface area (Å²) in [4.78, 5) is 37.7. The fraction of sp³-hybridized carbons (Fsp3) is 0.627. The van der Waals surface area contributed by atoms with Gasteiger partial charge in [0.1, 0.15) is 13.2 Å². The van der Waals surface area contributed by atoms with Gasteiger partial charge in [-0.1, -0.05) is 201 Å². The zero-order chi connectivity index (χ0) is 41.5. The predicted octanol–water partition coefficient (Wildman–Crippen LogP) is 14.6. The SMILES string of the molecule is CC\C=C/C=C\C=C/C=C\C=C/CCCCCC(=O)OCC(COC(=O)CCC/C=C\C/C=C\C/C=C\CC)OC(=O)CCCCCCCCCCCCCCC. The van der Waals surface area contributed by atoms with Gasteiger partial charge in [-0.15, -0.1) is 0 Å². The van der Waals surface area contributed by atoms with Crippen molar-refractivity contribution >= 4 is 17.9 Å². The molecule has 0 rings (SSSR count). The first kappa shape index (κ1) is 53.3. The molecule has 0 saturated carbocycles. The summed E-state index contributed by atoms with van der Waals surface area (Å²) < 4.78 is 16.6. The van der Waals surface area contributed by atoms with Crippen LogP contribution in [0.25, 0.3) is 0 Å². The Hall–Kier alpha value is -3.67. The quantitative estimate of drug-likeness (QED) is 0.0203. The van der Waals surface area contributed by atoms with Crippen molar-refractivity contribution in [2.45, 2.75) is 194 Å². The third-order valence-corrected chi connectivity index (χ3v) is 9.21. The van der Waals surface area contributed by atoms with E-state index in [1.165, 1.54) is 64.2 Å². The zero-order valence-corrected chi connectivity index (χ0v) is 36.6. The molecule has 0 heterocycles. The van der Waals surface area contributed by atoms with Crippen molar-refractivity contribution < 1.29 is 28.6 Å². The van der Waals surface area contributed by atoms with E-state index in [-0.39, 0.29) is 37.5 Å². The van der Waals surface area contributed by atoms with Gasteiger partial charge in [0.15, 0.2) is 6.10 Å². The molecule has 0 spiro atoms. The van der Waals surface area contributed by atoms with Gasteiger partial charge in [0.2, 0.25) is 0 Å². The van der Waals surface area contributed by atoms with Gasteiger partial charge in [0, 0.05) is 19.3 Å². The van der Waals surface area contributed by atoms with Gasteiger partial charge in [-0.3, -0.25) is 14.4 Å². The average molecular weight is 791 g/mol. The molecule has 0 aliphatic heterocycles. The molecule has 0 aliphatic rings. The lowest BCUT2D eigenvalue weighted by Crippen LogP contribution is -2.30. The summed E-state index contributed by atoms with van der Waals surface area (Å²) in [5.74, 6) is -1.02. The Bertz CT molecular complexity index is 1180. The molecular formula is C51H82O6. The number of esters is 3. The highest BCUT2D eigenvalue weighted by Crippen LogP contribution is 2.14. The van der Waals surface area contributed by atoms with Crippen LogP contribution in [0.2, 0.25) is 0 Å². The Balaban J connectivity index is 4.53. The van der Waals surface area contributed by atoms with Crippen LogP contribution >= 0.6 is 0 Å². The summed E-state index contributed by atoms with van der Waals surface area (Å²) in [5.41, 5.74) is 0. The second-order valence-electron chi connectivity index (χ2n) is 14.7. The van der Waals surface area contributed by atoms with Crippen molar-refractivity contribution in [3.8, 4) is 0 Å². The van der Waals surface area contributed by atoms with Crippen LogP contribution in [0.15, 0.2) is 97.2 Å². The van der Waals surface area contributed by atoms with Crippen molar-refractivity contribution in [1.29, 1.82) is 0 Å². The van der Waals surface area contributed by atoms with E-state index in [0.717, 1.165) is 77.0 Å². The summed E-state index contributed by atoms with van der Waals surface area (Å²) in [7, 11) is 0. The normalized spacial score (nSPS) is 13.0. The number of hydrogen-bond donors (Lipinski definition) is 0. The van der Waals surface area contributed by atoms with Gasteiger partial charge in [-0.05, 0) is 64.2 Å². The minimum Gasteiger partial charge on any atom is -0.462 e. The van der Waals surface area contributed by atoms with Crippen LogP contribution in [0.1, 0.15) is 188 Å². The summed E-state index contributed by atoms with van der Waals surface area (Å²) in [6.45, 7) is 6.26. The second-order valence-corrected chi connectivity index (χ2v) is 14.7. The second kappa shape index (κ2) is 45.0. The molecular weight excluding hydrogens is 709 g/mol. The van der Waals surface area contributed by atoms with Gasteiger partial charge >= 0.3 is 17.9 Å². The van der Waals surface area contributed by atoms with E-state index in [4.69, 9.17) is 14.2 Å². The van der Waals surface area contributed by atoms with Crippen LogP contribution in [0.3, 0.4) is 0 Å². The Kier molecular flexibility index (Phi) is 42.1. The van der Waals surface area contributed by atoms with Gasteiger partial charge in [0.05, 0.1) is 0 Å². The first-order chi connectivity index (χ1) is 28.0. The maximum atomic E-state index is 12.7. The Morgan fingerprint density at radius 3 is 1.33 bits per heavy atom. The fourth-order valence-electron chi connectivity index (χ4n) is 5.84. The molecule has 0 aromatic carbocycles. The number of ether oxygens (including phenoxy) is 3. The van der Waals surface area contributed by atoms with E-state index in [2.05, 4.69) is 69.4 Å². The molecule has 1 atom stereocenters. The lowest BCUT2D eigenvalue weighted by Gasteiger charge is -2.18. The molecule has 0 saturated heterocycles. The van der Waals surface area contributed by atoms with Crippen molar-refractivity contribution in [2.24, 2.45) is 0 Å². The molecule has 0 aromatic heterocycles. The summed E-state index contributed by atoms with van der Waals surface area (Å²) in [6, 6.07) is 0. The largest absolute Gasteiger partial charge is 0.462 e. The summed E-state index contributed by atoms with van der Waals surface area (Å²) in [5, 5.41) is 0. The van der Waals surface area contributed by atoms with E-state index in [1.54, 1.807) is 0 Å². The molecule has 0 aromatic rings. The number of unbranched alkanes of at least 4 members (excludes halogenated alkanes) is 16. The van der Waals surface area contributed by atoms with Gasteiger partial charge < -0.3 is 14.2 Å². The monoisotopic (exact) mass is 791 g/mol. The Morgan fingerprint density at radius 1 is 0.386 bits per heavy atom. The highest BCUT2D eigenvalue weighted by atomic mass is 16.6. The minimum atomic E-state index is -0.812. The predicted molar refractivity (Wildman–Crippen MR) is 242 cm³/mol. The van der Waals surface area contributed by atoms with E-state index < -0.39 is 6.10 Å². The molecule has 0 N–H and O–H groups in total. The van der Waals surface area contributed by atoms with Crippen molar-refractivity contribution in [3.05, 3.63) is 97.2 Å². The Labute approximate surface area is 349 Å². The molecule has 0 fully saturated rings. The molecule has 6 nitrogen and oxygen atoms in total. The van der Waals surface area contributed by atoms with Gasteiger partial charge in [-0.25, -0.2) is 0 Å². The number of rotatable bonds is 39. The molecule has 1 unspecified atom stereocenters. The lowest BCUT2D eigenvalue weighted by atomic mass is 10.0. The summed E-state index contributed by atoms with van der Waals surface area (Å²) in [6.07, 6.45) is 58.2. The third-order valence-electron chi connectivity index (χ3n) is 9.21. The van der Waals surface area contributed by atoms with Crippen LogP contribution < -0.4 is 0 Å². The standard InChI is InChI=1S/C51H82O6/c1-4-7-10-13-16-19-22-24-25-27-29-32-35-38-41-44-50(53)56-47-48(46-55-49(52)43-40-37-34-31-28-21-18-15-12-9-6-3)57-51(54)45-42-39-36-33-30-26-23-20-17-14-11-8-5-2/h7,9-10,12-13,16,18-19,21-22,24-25,27,29,31,34,48H,4-6,8,11,14-15,17,20,23,26,28,30,32-33,35-47H2,1-3H3/b10-7-,12-9-,16-13-,21-18-,22-19-,25-24-,29-27-,34-31-. The maximum absolute atomic E-state index is 12.7. The molecule has 322 valence electrons. The van der Waals surface area contributed by atoms with Crippen LogP contribution in [-0.2, 0) is 28.6 Å². The molecule has 0 aliphatic carbocycles. The van der Waals surface area contributed by atoms with Crippen LogP contribution in [0.4, 0.5) is 0 Å². The van der Waals surface area contributed by atoms with Gasteiger partial charge in [-0.2, -0.15) is 0 Å². The first-order valence-electron chi connectivity index (χ1n) is 22.8. The molecule has 0 amide bonds. The minimum absolute atomic E-state index is 0.115. The number of carbonyl (C=O) groups is 3. The number of allylic oxidation sites excluding steroid dienone is 16. The molecule has 0 bridgehead atoms. The summed E-state index contributed by atoms with van der Waals surface area (Å²) >= 11 is 0. The average Bonchev–Trinajstić information content (AvgIpc) is 3.21. The highest BCUT2D eigenvalue weighted by Gasteiger charge is 2.19. The van der Waals surface area contributed by atoms with Crippen molar-refractivity contribution in [1.82, 2.24) is 0 Å². The molecule has 0 radical (unpaired) electrons. The van der Waals surface area contributed by atoms with Crippen LogP contribution in [0, 0.1) is 0 Å². The highest BCUT2D eigenvalue weighted by molar-refractivity contribution is 5.71. The first-order valence-corrected chi connectivity index (χ1v) is 22.8. The maximum Gasteiger partial charge on any atom is 0.306 e. The van der Waals surface area contributed by atoms with Crippen LogP contribution in [-0.4, -0.2) is 37.2 Å². The van der Waals surface area contributed by atoms with Crippen molar-refractivity contribution in [2.75, 3.05) is 13.2 Å². The smallest absolute Gasteiger partial charge is 0.306 e.